The zero-order valence-corrected chi connectivity index (χ0v) is 17.5. The Balaban J connectivity index is 2.13. The average molecular weight is 407 g/mol. The molecule has 0 amide bonds. The molecule has 7 nitrogen and oxygen atoms in total. The number of H-pyrrole nitrogens is 1. The van der Waals surface area contributed by atoms with Gasteiger partial charge in [-0.15, -0.1) is 0 Å². The average Bonchev–Trinajstić information content (AvgIpc) is 2.73. The van der Waals surface area contributed by atoms with Crippen molar-refractivity contribution < 1.29 is 9.84 Å². The van der Waals surface area contributed by atoms with E-state index >= 15 is 0 Å². The second kappa shape index (κ2) is 8.82. The molecule has 0 spiro atoms. The number of aromatic amines is 1. The van der Waals surface area contributed by atoms with Crippen LogP contribution in [0.25, 0.3) is 5.69 Å². The van der Waals surface area contributed by atoms with Crippen molar-refractivity contribution in [3.8, 4) is 17.3 Å². The predicted octanol–water partition coefficient (Wildman–Crippen LogP) is 3.89. The summed E-state index contributed by atoms with van der Waals surface area (Å²) in [5.41, 5.74) is 1.18. The Morgan fingerprint density at radius 2 is 1.73 bits per heavy atom. The number of hydrogen-bond donors (Lipinski definition) is 2. The van der Waals surface area contributed by atoms with Crippen LogP contribution in [0, 0.1) is 0 Å². The molecule has 0 unspecified atom stereocenters. The normalized spacial score (nSPS) is 11.7. The molecule has 0 radical (unpaired) electrons. The van der Waals surface area contributed by atoms with E-state index in [1.165, 1.54) is 12.7 Å². The van der Waals surface area contributed by atoms with Crippen molar-refractivity contribution in [2.24, 2.45) is 4.99 Å². The molecule has 0 aliphatic carbocycles. The summed E-state index contributed by atoms with van der Waals surface area (Å²) in [5.74, 6) is 0.554. The molecule has 0 aliphatic heterocycles. The summed E-state index contributed by atoms with van der Waals surface area (Å²) < 4.78 is 6.17. The van der Waals surface area contributed by atoms with Gasteiger partial charge in [-0.3, -0.25) is 14.8 Å². The number of nitrogens with zero attached hydrogens (tertiary/aromatic N) is 2. The van der Waals surface area contributed by atoms with Crippen molar-refractivity contribution in [2.75, 3.05) is 7.11 Å². The fourth-order valence-corrected chi connectivity index (χ4v) is 3.16. The van der Waals surface area contributed by atoms with Crippen LogP contribution in [0.1, 0.15) is 44.2 Å². The summed E-state index contributed by atoms with van der Waals surface area (Å²) in [6.45, 7) is 6.05. The lowest BCUT2D eigenvalue weighted by atomic mass is 10.0. The zero-order chi connectivity index (χ0) is 21.8. The fraction of sp³-hybridized carbons (Fsp3) is 0.261. The summed E-state index contributed by atoms with van der Waals surface area (Å²) in [5, 5.41) is 10.9. The second-order valence-electron chi connectivity index (χ2n) is 7.15. The van der Waals surface area contributed by atoms with E-state index in [0.717, 1.165) is 4.57 Å². The van der Waals surface area contributed by atoms with Crippen LogP contribution in [0.4, 0.5) is 5.69 Å². The van der Waals surface area contributed by atoms with Gasteiger partial charge in [-0.25, -0.2) is 9.36 Å². The van der Waals surface area contributed by atoms with Gasteiger partial charge in [0.2, 0.25) is 5.88 Å². The Hall–Kier alpha value is -3.61. The van der Waals surface area contributed by atoms with E-state index in [1.54, 1.807) is 24.3 Å². The van der Waals surface area contributed by atoms with Crippen LogP contribution < -0.4 is 16.0 Å². The molecule has 1 aromatic heterocycles. The summed E-state index contributed by atoms with van der Waals surface area (Å²) in [7, 11) is 1.54. The summed E-state index contributed by atoms with van der Waals surface area (Å²) in [6, 6.07) is 14.3. The third-order valence-corrected chi connectivity index (χ3v) is 4.86. The molecule has 2 aromatic carbocycles. The van der Waals surface area contributed by atoms with Gasteiger partial charge >= 0.3 is 5.69 Å². The Kier molecular flexibility index (Phi) is 6.20. The van der Waals surface area contributed by atoms with E-state index < -0.39 is 17.1 Å². The first-order valence-electron chi connectivity index (χ1n) is 9.76. The van der Waals surface area contributed by atoms with E-state index in [-0.39, 0.29) is 5.56 Å². The molecule has 3 rings (SSSR count). The van der Waals surface area contributed by atoms with E-state index in [1.807, 2.05) is 31.2 Å². The van der Waals surface area contributed by atoms with E-state index in [0.29, 0.717) is 35.2 Å². The first kappa shape index (κ1) is 21.1. The van der Waals surface area contributed by atoms with Crippen molar-refractivity contribution in [3.05, 3.63) is 80.5 Å². The summed E-state index contributed by atoms with van der Waals surface area (Å²) >= 11 is 0. The van der Waals surface area contributed by atoms with E-state index in [9.17, 15) is 14.7 Å². The minimum Gasteiger partial charge on any atom is -0.497 e. The Labute approximate surface area is 174 Å². The van der Waals surface area contributed by atoms with Crippen LogP contribution in [0.15, 0.2) is 63.1 Å². The molecular formula is C23H25N3O4. The monoisotopic (exact) mass is 407 g/mol. The molecule has 0 saturated carbocycles. The van der Waals surface area contributed by atoms with Gasteiger partial charge in [0.25, 0.3) is 5.56 Å². The van der Waals surface area contributed by atoms with Crippen LogP contribution in [-0.2, 0) is 0 Å². The number of methoxy groups -OCH3 is 1. The number of aromatic nitrogens is 2. The number of hydrogen-bond acceptors (Lipinski definition) is 5. The third kappa shape index (κ3) is 4.20. The number of benzene rings is 2. The number of nitrogens with one attached hydrogen (secondary N) is 1. The highest BCUT2D eigenvalue weighted by Crippen LogP contribution is 2.23. The van der Waals surface area contributed by atoms with Crippen molar-refractivity contribution >= 4 is 11.4 Å². The van der Waals surface area contributed by atoms with Crippen LogP contribution in [-0.4, -0.2) is 27.5 Å². The minimum atomic E-state index is -0.733. The van der Waals surface area contributed by atoms with Gasteiger partial charge in [0.15, 0.2) is 0 Å². The lowest BCUT2D eigenvalue weighted by molar-refractivity contribution is 0.414. The standard InChI is InChI=1S/C23H25N3O4/c1-5-19(24-16-8-6-15(7-9-16)14(2)3)20-21(27)25-23(29)26(22(20)28)17-10-12-18(30-4)13-11-17/h6-14,28H,5H2,1-4H3,(H,25,27,29). The molecule has 156 valence electrons. The predicted molar refractivity (Wildman–Crippen MR) is 118 cm³/mol. The Morgan fingerprint density at radius 3 is 2.27 bits per heavy atom. The van der Waals surface area contributed by atoms with Crippen LogP contribution >= 0.6 is 0 Å². The van der Waals surface area contributed by atoms with Gasteiger partial charge in [0.1, 0.15) is 11.3 Å². The molecule has 0 aliphatic rings. The molecule has 0 saturated heterocycles. The topological polar surface area (TPSA) is 96.7 Å². The minimum absolute atomic E-state index is 0.0270. The van der Waals surface area contributed by atoms with E-state index in [2.05, 4.69) is 23.8 Å². The quantitative estimate of drug-likeness (QED) is 0.606. The first-order valence-corrected chi connectivity index (χ1v) is 9.76. The highest BCUT2D eigenvalue weighted by atomic mass is 16.5. The number of rotatable bonds is 6. The van der Waals surface area contributed by atoms with Gasteiger partial charge in [0, 0.05) is 0 Å². The molecule has 2 N–H and O–H groups in total. The van der Waals surface area contributed by atoms with Gasteiger partial charge in [-0.2, -0.15) is 0 Å². The molecule has 30 heavy (non-hydrogen) atoms. The SMILES string of the molecule is CCC(=Nc1ccc(C(C)C)cc1)c1c(O)n(-c2ccc(OC)cc2)c(=O)[nH]c1=O. The van der Waals surface area contributed by atoms with Gasteiger partial charge < -0.3 is 9.84 Å². The van der Waals surface area contributed by atoms with Crippen molar-refractivity contribution in [3.63, 3.8) is 0 Å². The fourth-order valence-electron chi connectivity index (χ4n) is 3.16. The number of ether oxygens (including phenoxy) is 1. The maximum absolute atomic E-state index is 12.5. The number of aliphatic imine (C=N–C) groups is 1. The van der Waals surface area contributed by atoms with Crippen LogP contribution in [0.3, 0.4) is 0 Å². The third-order valence-electron chi connectivity index (χ3n) is 4.86. The van der Waals surface area contributed by atoms with Gasteiger partial charge in [0.05, 0.1) is 24.2 Å². The lowest BCUT2D eigenvalue weighted by Crippen LogP contribution is -2.33. The molecule has 0 bridgehead atoms. The molecule has 3 aromatic rings. The summed E-state index contributed by atoms with van der Waals surface area (Å²) in [6.07, 6.45) is 0.392. The largest absolute Gasteiger partial charge is 0.497 e. The Bertz CT molecular complexity index is 1170. The van der Waals surface area contributed by atoms with Crippen LogP contribution in [0.5, 0.6) is 11.6 Å². The highest BCUT2D eigenvalue weighted by Gasteiger charge is 2.19. The maximum atomic E-state index is 12.5. The maximum Gasteiger partial charge on any atom is 0.335 e. The molecule has 7 heteroatoms. The van der Waals surface area contributed by atoms with Gasteiger partial charge in [-0.1, -0.05) is 32.9 Å². The summed E-state index contributed by atoms with van der Waals surface area (Å²) in [4.78, 5) is 31.8. The highest BCUT2D eigenvalue weighted by molar-refractivity contribution is 6.03. The van der Waals surface area contributed by atoms with Crippen LogP contribution in [0.2, 0.25) is 0 Å². The van der Waals surface area contributed by atoms with Gasteiger partial charge in [-0.05, 0) is 54.3 Å². The zero-order valence-electron chi connectivity index (χ0n) is 17.5. The molecular weight excluding hydrogens is 382 g/mol. The smallest absolute Gasteiger partial charge is 0.335 e. The first-order chi connectivity index (χ1) is 14.3. The van der Waals surface area contributed by atoms with Crippen molar-refractivity contribution in [1.82, 2.24) is 9.55 Å². The molecule has 0 fully saturated rings. The van der Waals surface area contributed by atoms with Crippen molar-refractivity contribution in [1.29, 1.82) is 0 Å². The second-order valence-corrected chi connectivity index (χ2v) is 7.15. The molecule has 0 atom stereocenters. The van der Waals surface area contributed by atoms with Crippen molar-refractivity contribution in [2.45, 2.75) is 33.1 Å². The Morgan fingerprint density at radius 1 is 1.10 bits per heavy atom. The number of aromatic hydroxyl groups is 1. The lowest BCUT2D eigenvalue weighted by Gasteiger charge is -2.13. The van der Waals surface area contributed by atoms with E-state index in [4.69, 9.17) is 4.74 Å². The molecule has 1 heterocycles.